The lowest BCUT2D eigenvalue weighted by molar-refractivity contribution is -0.0511. The molecule has 0 radical (unpaired) electrons. The predicted octanol–water partition coefficient (Wildman–Crippen LogP) is 1.27. The molecule has 1 N–H and O–H groups in total. The van der Waals surface area contributed by atoms with Gasteiger partial charge in [-0.25, -0.2) is 0 Å². The quantitative estimate of drug-likeness (QED) is 0.815. The summed E-state index contributed by atoms with van der Waals surface area (Å²) in [5.74, 6) is 1.56. The van der Waals surface area contributed by atoms with Gasteiger partial charge in [0.25, 0.3) is 0 Å². The number of nitrogens with zero attached hydrogens (tertiary/aromatic N) is 1. The lowest BCUT2D eigenvalue weighted by Crippen LogP contribution is -2.50. The Labute approximate surface area is 119 Å². The van der Waals surface area contributed by atoms with E-state index in [0.717, 1.165) is 31.4 Å². The van der Waals surface area contributed by atoms with Crippen LogP contribution in [0.4, 0.5) is 0 Å². The Morgan fingerprint density at radius 2 is 2.35 bits per heavy atom. The Hall–Kier alpha value is -0.880. The second-order valence-electron chi connectivity index (χ2n) is 5.72. The number of ether oxygens (including phenoxy) is 2. The minimum atomic E-state index is -0.454. The van der Waals surface area contributed by atoms with Gasteiger partial charge in [-0.05, 0) is 30.9 Å². The third kappa shape index (κ3) is 3.82. The smallest absolute Gasteiger partial charge is 0.129 e. The molecule has 1 aromatic rings. The van der Waals surface area contributed by atoms with Gasteiger partial charge in [0.1, 0.15) is 12.4 Å². The molecule has 112 valence electrons. The highest BCUT2D eigenvalue weighted by Crippen LogP contribution is 2.36. The van der Waals surface area contributed by atoms with Crippen molar-refractivity contribution in [3.8, 4) is 0 Å². The minimum absolute atomic E-state index is 0.343. The van der Waals surface area contributed by atoms with Gasteiger partial charge in [-0.2, -0.15) is 0 Å². The molecule has 2 atom stereocenters. The topological polar surface area (TPSA) is 55.1 Å². The van der Waals surface area contributed by atoms with E-state index >= 15 is 0 Å². The first kappa shape index (κ1) is 14.1. The molecule has 1 saturated carbocycles. The number of rotatable bonds is 7. The molecule has 0 spiro atoms. The van der Waals surface area contributed by atoms with Crippen LogP contribution >= 0.6 is 0 Å². The summed E-state index contributed by atoms with van der Waals surface area (Å²) in [5, 5.41) is 10.1. The van der Waals surface area contributed by atoms with Crippen molar-refractivity contribution in [3.63, 3.8) is 0 Å². The third-order valence-corrected chi connectivity index (χ3v) is 4.03. The van der Waals surface area contributed by atoms with E-state index in [9.17, 15) is 5.11 Å². The first-order valence-corrected chi connectivity index (χ1v) is 7.43. The summed E-state index contributed by atoms with van der Waals surface area (Å²) in [7, 11) is 0. The Bertz CT molecular complexity index is 391. The number of hydrogen-bond acceptors (Lipinski definition) is 5. The highest BCUT2D eigenvalue weighted by molar-refractivity contribution is 4.96. The monoisotopic (exact) mass is 281 g/mol. The summed E-state index contributed by atoms with van der Waals surface area (Å²) >= 11 is 0. The lowest BCUT2D eigenvalue weighted by atomic mass is 10.1. The maximum Gasteiger partial charge on any atom is 0.129 e. The van der Waals surface area contributed by atoms with Crippen LogP contribution < -0.4 is 0 Å². The molecule has 1 aliphatic heterocycles. The molecule has 3 rings (SSSR count). The van der Waals surface area contributed by atoms with E-state index < -0.39 is 6.10 Å². The van der Waals surface area contributed by atoms with Crippen molar-refractivity contribution in [2.45, 2.75) is 31.6 Å². The minimum Gasteiger partial charge on any atom is -0.467 e. The van der Waals surface area contributed by atoms with E-state index in [1.807, 2.05) is 12.1 Å². The molecule has 2 heterocycles. The third-order valence-electron chi connectivity index (χ3n) is 4.03. The Kier molecular flexibility index (Phi) is 4.73. The summed E-state index contributed by atoms with van der Waals surface area (Å²) in [4.78, 5) is 2.36. The Morgan fingerprint density at radius 3 is 3.10 bits per heavy atom. The highest BCUT2D eigenvalue weighted by Gasteiger charge is 2.37. The zero-order valence-electron chi connectivity index (χ0n) is 11.7. The van der Waals surface area contributed by atoms with Gasteiger partial charge >= 0.3 is 0 Å². The van der Waals surface area contributed by atoms with Gasteiger partial charge in [-0.15, -0.1) is 0 Å². The predicted molar refractivity (Wildman–Crippen MR) is 73.3 cm³/mol. The van der Waals surface area contributed by atoms with Crippen LogP contribution in [0.2, 0.25) is 0 Å². The molecule has 5 nitrogen and oxygen atoms in total. The normalized spacial score (nSPS) is 25.8. The van der Waals surface area contributed by atoms with E-state index in [1.165, 1.54) is 12.8 Å². The van der Waals surface area contributed by atoms with E-state index in [0.29, 0.717) is 25.8 Å². The van der Waals surface area contributed by atoms with Crippen molar-refractivity contribution in [3.05, 3.63) is 24.2 Å². The van der Waals surface area contributed by atoms with E-state index in [-0.39, 0.29) is 0 Å². The molecule has 2 unspecified atom stereocenters. The summed E-state index contributed by atoms with van der Waals surface area (Å²) in [5.41, 5.74) is 0. The van der Waals surface area contributed by atoms with Crippen LogP contribution in [-0.4, -0.2) is 55.1 Å². The zero-order chi connectivity index (χ0) is 13.8. The van der Waals surface area contributed by atoms with Crippen LogP contribution in [-0.2, 0) is 16.1 Å². The molecular weight excluding hydrogens is 258 g/mol. The zero-order valence-corrected chi connectivity index (χ0v) is 11.7. The summed E-state index contributed by atoms with van der Waals surface area (Å²) in [6.45, 7) is 3.92. The highest BCUT2D eigenvalue weighted by atomic mass is 16.5. The SMILES string of the molecule is OC(COCc1ccco1)CN1CCOCC1C1CC1. The number of morpholine rings is 1. The van der Waals surface area contributed by atoms with Gasteiger partial charge in [-0.3, -0.25) is 4.90 Å². The van der Waals surface area contributed by atoms with E-state index in [4.69, 9.17) is 13.9 Å². The van der Waals surface area contributed by atoms with E-state index in [2.05, 4.69) is 4.90 Å². The molecule has 1 aliphatic carbocycles. The number of aliphatic hydroxyl groups excluding tert-OH is 1. The molecule has 1 saturated heterocycles. The lowest BCUT2D eigenvalue weighted by Gasteiger charge is -2.36. The Morgan fingerprint density at radius 1 is 1.45 bits per heavy atom. The van der Waals surface area contributed by atoms with Crippen LogP contribution in [0.5, 0.6) is 0 Å². The Balaban J connectivity index is 1.39. The van der Waals surface area contributed by atoms with Crippen LogP contribution in [0, 0.1) is 5.92 Å². The summed E-state index contributed by atoms with van der Waals surface area (Å²) in [6, 6.07) is 4.20. The largest absolute Gasteiger partial charge is 0.467 e. The van der Waals surface area contributed by atoms with Crippen molar-refractivity contribution in [2.75, 3.05) is 32.9 Å². The average Bonchev–Trinajstić information content (AvgIpc) is 3.17. The van der Waals surface area contributed by atoms with E-state index in [1.54, 1.807) is 6.26 Å². The standard InChI is InChI=1S/C15H23NO4/c17-13(9-19-10-14-2-1-6-20-14)8-16-5-7-18-11-15(16)12-3-4-12/h1-2,6,12-13,15,17H,3-5,7-11H2. The van der Waals surface area contributed by atoms with Gasteiger partial charge in [0, 0.05) is 19.1 Å². The van der Waals surface area contributed by atoms with Gasteiger partial charge in [0.2, 0.25) is 0 Å². The second-order valence-corrected chi connectivity index (χ2v) is 5.72. The van der Waals surface area contributed by atoms with Gasteiger partial charge in [0.15, 0.2) is 0 Å². The van der Waals surface area contributed by atoms with Crippen molar-refractivity contribution < 1.29 is 19.0 Å². The molecule has 20 heavy (non-hydrogen) atoms. The van der Waals surface area contributed by atoms with Crippen LogP contribution in [0.1, 0.15) is 18.6 Å². The first-order chi connectivity index (χ1) is 9.83. The average molecular weight is 281 g/mol. The molecule has 2 fully saturated rings. The first-order valence-electron chi connectivity index (χ1n) is 7.43. The fraction of sp³-hybridized carbons (Fsp3) is 0.733. The molecule has 0 amide bonds. The van der Waals surface area contributed by atoms with Crippen molar-refractivity contribution in [1.29, 1.82) is 0 Å². The number of hydrogen-bond donors (Lipinski definition) is 1. The van der Waals surface area contributed by atoms with Gasteiger partial charge < -0.3 is 19.0 Å². The second kappa shape index (κ2) is 6.72. The summed E-state index contributed by atoms with van der Waals surface area (Å²) < 4.78 is 16.2. The maximum atomic E-state index is 10.1. The maximum absolute atomic E-state index is 10.1. The number of furan rings is 1. The van der Waals surface area contributed by atoms with Crippen molar-refractivity contribution in [1.82, 2.24) is 4.90 Å². The number of β-amino-alcohol motifs (C(OH)–C–C–N with tert-alkyl or cyclic N) is 1. The molecular formula is C15H23NO4. The van der Waals surface area contributed by atoms with Crippen LogP contribution in [0.25, 0.3) is 0 Å². The van der Waals surface area contributed by atoms with Crippen LogP contribution in [0.3, 0.4) is 0 Å². The van der Waals surface area contributed by atoms with Crippen molar-refractivity contribution >= 4 is 0 Å². The fourth-order valence-electron chi connectivity index (χ4n) is 2.81. The van der Waals surface area contributed by atoms with Gasteiger partial charge in [-0.1, -0.05) is 0 Å². The number of aliphatic hydroxyl groups is 1. The molecule has 0 aromatic carbocycles. The summed E-state index contributed by atoms with van der Waals surface area (Å²) in [6.07, 6.45) is 3.78. The van der Waals surface area contributed by atoms with Gasteiger partial charge in [0.05, 0.1) is 32.2 Å². The molecule has 2 aliphatic rings. The van der Waals surface area contributed by atoms with Crippen LogP contribution in [0.15, 0.2) is 22.8 Å². The molecule has 5 heteroatoms. The molecule has 0 bridgehead atoms. The van der Waals surface area contributed by atoms with Crippen molar-refractivity contribution in [2.24, 2.45) is 5.92 Å². The molecule has 1 aromatic heterocycles. The fourth-order valence-corrected chi connectivity index (χ4v) is 2.81.